The Hall–Kier alpha value is -3.08. The number of nitrogens with zero attached hydrogens (tertiary/aromatic N) is 3. The molecular formula is C24H27N3O2. The lowest BCUT2D eigenvalue weighted by Crippen LogP contribution is -2.25. The monoisotopic (exact) mass is 389 g/mol. The second kappa shape index (κ2) is 8.95. The van der Waals surface area contributed by atoms with Crippen molar-refractivity contribution in [2.45, 2.75) is 31.7 Å². The molecule has 5 nitrogen and oxygen atoms in total. The molecule has 0 unspecified atom stereocenters. The minimum Gasteiger partial charge on any atom is -0.494 e. The van der Waals surface area contributed by atoms with E-state index in [9.17, 15) is 4.79 Å². The van der Waals surface area contributed by atoms with Crippen LogP contribution < -0.4 is 4.74 Å². The molecule has 3 aromatic rings. The number of fused-ring (bicyclic) bond motifs is 1. The summed E-state index contributed by atoms with van der Waals surface area (Å²) < 4.78 is 8.11. The van der Waals surface area contributed by atoms with Crippen LogP contribution in [0.5, 0.6) is 5.75 Å². The lowest BCUT2D eigenvalue weighted by molar-refractivity contribution is -0.127. The summed E-state index contributed by atoms with van der Waals surface area (Å²) in [6.07, 6.45) is 4.27. The van der Waals surface area contributed by atoms with Crippen molar-refractivity contribution in [2.24, 2.45) is 0 Å². The zero-order valence-electron chi connectivity index (χ0n) is 16.7. The summed E-state index contributed by atoms with van der Waals surface area (Å²) in [5.41, 5.74) is 2.14. The second-order valence-corrected chi connectivity index (χ2v) is 7.47. The van der Waals surface area contributed by atoms with Crippen molar-refractivity contribution in [3.8, 4) is 5.75 Å². The van der Waals surface area contributed by atoms with Gasteiger partial charge in [0.25, 0.3) is 0 Å². The largest absolute Gasteiger partial charge is 0.494 e. The molecule has 29 heavy (non-hydrogen) atoms. The Balaban J connectivity index is 1.44. The number of rotatable bonds is 9. The van der Waals surface area contributed by atoms with Gasteiger partial charge in [0.15, 0.2) is 0 Å². The Morgan fingerprint density at radius 1 is 1.10 bits per heavy atom. The number of carbonyl (C=O) groups excluding carboxylic acids is 1. The minimum absolute atomic E-state index is 0.135. The van der Waals surface area contributed by atoms with Crippen molar-refractivity contribution in [3.63, 3.8) is 0 Å². The Kier molecular flexibility index (Phi) is 5.94. The van der Waals surface area contributed by atoms with Gasteiger partial charge in [-0.2, -0.15) is 0 Å². The number of ether oxygens (including phenoxy) is 1. The molecule has 0 bridgehead atoms. The highest BCUT2D eigenvalue weighted by molar-refractivity contribution is 5.81. The molecule has 150 valence electrons. The maximum absolute atomic E-state index is 12.3. The molecule has 1 fully saturated rings. The number of carbonyl (C=O) groups is 1. The molecule has 1 saturated heterocycles. The van der Waals surface area contributed by atoms with E-state index in [1.165, 1.54) is 0 Å². The standard InChI is InChI=1S/C24H27N3O2/c1-2-14-26-18-19(17-23(26)28)24-25-21-12-6-7-13-22(21)27(24)15-8-9-16-29-20-10-4-3-5-11-20/h2-7,10-13,19H,1,8-9,14-18H2/t19-/m1/s1. The van der Waals surface area contributed by atoms with E-state index in [0.717, 1.165) is 42.0 Å². The van der Waals surface area contributed by atoms with Crippen LogP contribution in [0.15, 0.2) is 67.3 Å². The Bertz CT molecular complexity index is 980. The fraction of sp³-hybridized carbons (Fsp3) is 0.333. The van der Waals surface area contributed by atoms with Gasteiger partial charge < -0.3 is 14.2 Å². The normalized spacial score (nSPS) is 16.5. The first-order chi connectivity index (χ1) is 14.3. The highest BCUT2D eigenvalue weighted by Crippen LogP contribution is 2.30. The molecule has 4 rings (SSSR count). The molecule has 2 heterocycles. The van der Waals surface area contributed by atoms with Gasteiger partial charge in [0.2, 0.25) is 5.91 Å². The molecule has 1 aliphatic heterocycles. The maximum atomic E-state index is 12.3. The second-order valence-electron chi connectivity index (χ2n) is 7.47. The van der Waals surface area contributed by atoms with Crippen LogP contribution >= 0.6 is 0 Å². The summed E-state index contributed by atoms with van der Waals surface area (Å²) in [4.78, 5) is 19.1. The summed E-state index contributed by atoms with van der Waals surface area (Å²) in [5, 5.41) is 0. The minimum atomic E-state index is 0.135. The lowest BCUT2D eigenvalue weighted by Gasteiger charge is -2.15. The van der Waals surface area contributed by atoms with Crippen molar-refractivity contribution < 1.29 is 9.53 Å². The van der Waals surface area contributed by atoms with E-state index >= 15 is 0 Å². The molecule has 1 aromatic heterocycles. The van der Waals surface area contributed by atoms with Crippen LogP contribution in [-0.2, 0) is 11.3 Å². The Morgan fingerprint density at radius 2 is 1.90 bits per heavy atom. The molecule has 5 heteroatoms. The third-order valence-electron chi connectivity index (χ3n) is 5.40. The summed E-state index contributed by atoms with van der Waals surface area (Å²) in [5.74, 6) is 2.25. The van der Waals surface area contributed by atoms with E-state index in [2.05, 4.69) is 17.2 Å². The number of benzene rings is 2. The van der Waals surface area contributed by atoms with Crippen LogP contribution in [0, 0.1) is 0 Å². The van der Waals surface area contributed by atoms with Gasteiger partial charge in [0, 0.05) is 32.0 Å². The average Bonchev–Trinajstić information content (AvgIpc) is 3.29. The zero-order chi connectivity index (χ0) is 20.1. The van der Waals surface area contributed by atoms with Gasteiger partial charge in [-0.3, -0.25) is 4.79 Å². The fourth-order valence-electron chi connectivity index (χ4n) is 4.00. The number of imidazole rings is 1. The number of aromatic nitrogens is 2. The van der Waals surface area contributed by atoms with Crippen molar-refractivity contribution in [3.05, 3.63) is 73.1 Å². The number of hydrogen-bond acceptors (Lipinski definition) is 3. The highest BCUT2D eigenvalue weighted by Gasteiger charge is 2.33. The van der Waals surface area contributed by atoms with E-state index in [0.29, 0.717) is 26.1 Å². The van der Waals surface area contributed by atoms with Crippen molar-refractivity contribution >= 4 is 16.9 Å². The molecule has 1 aliphatic rings. The molecule has 0 aliphatic carbocycles. The number of amides is 1. The molecule has 0 N–H and O–H groups in total. The van der Waals surface area contributed by atoms with Gasteiger partial charge in [-0.25, -0.2) is 4.98 Å². The van der Waals surface area contributed by atoms with Gasteiger partial charge in [-0.1, -0.05) is 36.4 Å². The average molecular weight is 389 g/mol. The van der Waals surface area contributed by atoms with Crippen LogP contribution in [0.3, 0.4) is 0 Å². The summed E-state index contributed by atoms with van der Waals surface area (Å²) in [6, 6.07) is 18.1. The predicted molar refractivity (Wildman–Crippen MR) is 115 cm³/mol. The van der Waals surface area contributed by atoms with Crippen molar-refractivity contribution in [1.82, 2.24) is 14.5 Å². The molecule has 1 atom stereocenters. The first-order valence-corrected chi connectivity index (χ1v) is 10.3. The van der Waals surface area contributed by atoms with Crippen molar-refractivity contribution in [1.29, 1.82) is 0 Å². The number of unbranched alkanes of at least 4 members (excludes halogenated alkanes) is 1. The zero-order valence-corrected chi connectivity index (χ0v) is 16.7. The molecule has 1 amide bonds. The van der Waals surface area contributed by atoms with E-state index in [1.54, 1.807) is 6.08 Å². The highest BCUT2D eigenvalue weighted by atomic mass is 16.5. The van der Waals surface area contributed by atoms with Gasteiger partial charge in [-0.15, -0.1) is 6.58 Å². The van der Waals surface area contributed by atoms with Gasteiger partial charge >= 0.3 is 0 Å². The molecule has 2 aromatic carbocycles. The van der Waals surface area contributed by atoms with E-state index in [4.69, 9.17) is 9.72 Å². The van der Waals surface area contributed by atoms with E-state index in [1.807, 2.05) is 53.4 Å². The first-order valence-electron chi connectivity index (χ1n) is 10.3. The number of para-hydroxylation sites is 3. The summed E-state index contributed by atoms with van der Waals surface area (Å²) in [6.45, 7) is 6.65. The Morgan fingerprint density at radius 3 is 2.72 bits per heavy atom. The van der Waals surface area contributed by atoms with Crippen LogP contribution in [0.25, 0.3) is 11.0 Å². The first kappa shape index (κ1) is 19.2. The quantitative estimate of drug-likeness (QED) is 0.403. The number of likely N-dealkylation sites (tertiary alicyclic amines) is 1. The van der Waals surface area contributed by atoms with Crippen LogP contribution in [0.2, 0.25) is 0 Å². The maximum Gasteiger partial charge on any atom is 0.223 e. The molecule has 0 spiro atoms. The number of hydrogen-bond donors (Lipinski definition) is 0. The number of aryl methyl sites for hydroxylation is 1. The third-order valence-corrected chi connectivity index (χ3v) is 5.40. The smallest absolute Gasteiger partial charge is 0.223 e. The molecular weight excluding hydrogens is 362 g/mol. The molecule has 0 saturated carbocycles. The van der Waals surface area contributed by atoms with Gasteiger partial charge in [-0.05, 0) is 37.1 Å². The predicted octanol–water partition coefficient (Wildman–Crippen LogP) is 4.40. The van der Waals surface area contributed by atoms with Gasteiger partial charge in [0.05, 0.1) is 17.6 Å². The SMILES string of the molecule is C=CCN1C[C@H](c2nc3ccccc3n2CCCCOc2ccccc2)CC1=O. The van der Waals surface area contributed by atoms with Crippen molar-refractivity contribution in [2.75, 3.05) is 19.7 Å². The lowest BCUT2D eigenvalue weighted by atomic mass is 10.1. The third kappa shape index (κ3) is 4.34. The summed E-state index contributed by atoms with van der Waals surface area (Å²) in [7, 11) is 0. The van der Waals surface area contributed by atoms with Crippen LogP contribution in [0.4, 0.5) is 0 Å². The Labute approximate surface area is 171 Å². The van der Waals surface area contributed by atoms with Crippen LogP contribution in [-0.4, -0.2) is 40.1 Å². The topological polar surface area (TPSA) is 47.4 Å². The molecule has 0 radical (unpaired) electrons. The van der Waals surface area contributed by atoms with E-state index in [-0.39, 0.29) is 11.8 Å². The fourth-order valence-corrected chi connectivity index (χ4v) is 4.00. The van der Waals surface area contributed by atoms with Crippen LogP contribution in [0.1, 0.15) is 31.0 Å². The van der Waals surface area contributed by atoms with E-state index < -0.39 is 0 Å². The summed E-state index contributed by atoms with van der Waals surface area (Å²) >= 11 is 0. The van der Waals surface area contributed by atoms with Gasteiger partial charge in [0.1, 0.15) is 11.6 Å².